The molecule has 2 amide bonds. The number of amides is 2. The highest BCUT2D eigenvalue weighted by atomic mass is 19.4. The number of benzene rings is 2. The van der Waals surface area contributed by atoms with Crippen LogP contribution in [0.2, 0.25) is 0 Å². The van der Waals surface area contributed by atoms with Crippen LogP contribution in [0.3, 0.4) is 0 Å². The number of pyridine rings is 1. The van der Waals surface area contributed by atoms with Gasteiger partial charge in [-0.25, -0.2) is 14.0 Å². The maximum atomic E-state index is 13.7. The Labute approximate surface area is 238 Å². The average Bonchev–Trinajstić information content (AvgIpc) is 3.60. The highest BCUT2D eigenvalue weighted by Gasteiger charge is 2.31. The number of hydrogen-bond donors (Lipinski definition) is 4. The Morgan fingerprint density at radius 1 is 1.10 bits per heavy atom. The molecular weight excluding hydrogens is 547 g/mol. The van der Waals surface area contributed by atoms with Crippen molar-refractivity contribution in [2.75, 3.05) is 24.1 Å². The van der Waals surface area contributed by atoms with Crippen molar-refractivity contribution in [1.29, 1.82) is 0 Å². The second-order valence-electron chi connectivity index (χ2n) is 10.2. The number of alkyl halides is 3. The van der Waals surface area contributed by atoms with E-state index >= 15 is 0 Å². The second-order valence-corrected chi connectivity index (χ2v) is 10.2. The van der Waals surface area contributed by atoms with Crippen LogP contribution in [0, 0.1) is 6.92 Å². The molecule has 13 heteroatoms. The van der Waals surface area contributed by atoms with Gasteiger partial charge in [0.1, 0.15) is 0 Å². The van der Waals surface area contributed by atoms with E-state index in [-0.39, 0.29) is 12.0 Å². The molecule has 1 aliphatic rings. The first-order valence-electron chi connectivity index (χ1n) is 13.4. The van der Waals surface area contributed by atoms with Crippen molar-refractivity contribution in [1.82, 2.24) is 35.0 Å². The molecule has 0 aliphatic carbocycles. The van der Waals surface area contributed by atoms with Gasteiger partial charge in [-0.05, 0) is 86.4 Å². The quantitative estimate of drug-likeness (QED) is 0.218. The molecule has 1 saturated heterocycles. The minimum atomic E-state index is -4.53. The van der Waals surface area contributed by atoms with Crippen LogP contribution >= 0.6 is 0 Å². The van der Waals surface area contributed by atoms with Crippen molar-refractivity contribution in [3.63, 3.8) is 0 Å². The predicted octanol–water partition coefficient (Wildman–Crippen LogP) is 5.03. The van der Waals surface area contributed by atoms with E-state index in [1.807, 2.05) is 25.1 Å². The fraction of sp³-hybridized carbons (Fsp3) is 0.241. The molecule has 42 heavy (non-hydrogen) atoms. The number of urea groups is 1. The number of rotatable bonds is 5. The molecule has 4 heterocycles. The number of halogens is 3. The van der Waals surface area contributed by atoms with Crippen molar-refractivity contribution >= 4 is 23.3 Å². The van der Waals surface area contributed by atoms with Crippen LogP contribution in [0.4, 0.5) is 29.6 Å². The number of hydrogen-bond acceptors (Lipinski definition) is 6. The monoisotopic (exact) mass is 575 g/mol. The molecule has 0 bridgehead atoms. The van der Waals surface area contributed by atoms with Crippen molar-refractivity contribution in [2.24, 2.45) is 0 Å². The van der Waals surface area contributed by atoms with Gasteiger partial charge < -0.3 is 16.4 Å². The summed E-state index contributed by atoms with van der Waals surface area (Å²) in [6.45, 7) is 3.44. The summed E-state index contributed by atoms with van der Waals surface area (Å²) < 4.78 is 44.3. The van der Waals surface area contributed by atoms with Crippen molar-refractivity contribution in [3.05, 3.63) is 78.1 Å². The number of aromatic nitrogens is 5. The Hall–Kier alpha value is -4.91. The summed E-state index contributed by atoms with van der Waals surface area (Å²) in [6, 6.07) is 13.6. The van der Waals surface area contributed by atoms with E-state index in [9.17, 15) is 18.0 Å². The summed E-state index contributed by atoms with van der Waals surface area (Å²) in [7, 11) is 0. The molecule has 216 valence electrons. The summed E-state index contributed by atoms with van der Waals surface area (Å²) >= 11 is 0. The average molecular weight is 576 g/mol. The van der Waals surface area contributed by atoms with Gasteiger partial charge in [0.25, 0.3) is 5.95 Å². The van der Waals surface area contributed by atoms with Gasteiger partial charge in [0.15, 0.2) is 5.65 Å². The zero-order valence-electron chi connectivity index (χ0n) is 22.6. The van der Waals surface area contributed by atoms with Crippen LogP contribution in [-0.4, -0.2) is 49.5 Å². The maximum Gasteiger partial charge on any atom is 0.416 e. The van der Waals surface area contributed by atoms with E-state index < -0.39 is 17.8 Å². The van der Waals surface area contributed by atoms with Crippen molar-refractivity contribution in [3.8, 4) is 28.1 Å². The second kappa shape index (κ2) is 10.8. The van der Waals surface area contributed by atoms with Gasteiger partial charge in [0.05, 0.1) is 23.1 Å². The van der Waals surface area contributed by atoms with Gasteiger partial charge >= 0.3 is 12.2 Å². The Balaban J connectivity index is 1.47. The number of nitrogens with zero attached hydrogens (tertiary/aromatic N) is 5. The summed E-state index contributed by atoms with van der Waals surface area (Å²) in [5, 5.41) is 17.8. The molecule has 2 aromatic carbocycles. The Morgan fingerprint density at radius 2 is 1.86 bits per heavy atom. The van der Waals surface area contributed by atoms with Gasteiger partial charge in [0, 0.05) is 29.1 Å². The van der Waals surface area contributed by atoms with E-state index in [4.69, 9.17) is 5.73 Å². The maximum absolute atomic E-state index is 13.7. The van der Waals surface area contributed by atoms with E-state index in [1.165, 1.54) is 10.6 Å². The predicted molar refractivity (Wildman–Crippen MR) is 153 cm³/mol. The van der Waals surface area contributed by atoms with Crippen molar-refractivity contribution in [2.45, 2.75) is 32.0 Å². The van der Waals surface area contributed by atoms with Crippen LogP contribution in [0.15, 0.2) is 67.0 Å². The first kappa shape index (κ1) is 27.3. The molecule has 1 aliphatic heterocycles. The van der Waals surface area contributed by atoms with Crippen LogP contribution in [0.25, 0.3) is 33.7 Å². The number of anilines is 2. The number of nitrogens with one attached hydrogen (secondary N) is 3. The fourth-order valence-corrected chi connectivity index (χ4v) is 5.23. The van der Waals surface area contributed by atoms with E-state index in [0.29, 0.717) is 39.3 Å². The molecule has 0 spiro atoms. The molecule has 6 rings (SSSR count). The van der Waals surface area contributed by atoms with Crippen LogP contribution in [-0.2, 0) is 6.18 Å². The first-order chi connectivity index (χ1) is 20.2. The van der Waals surface area contributed by atoms with Crippen LogP contribution < -0.4 is 21.7 Å². The minimum absolute atomic E-state index is 0.0198. The van der Waals surface area contributed by atoms with E-state index in [2.05, 4.69) is 31.1 Å². The minimum Gasteiger partial charge on any atom is -0.399 e. The van der Waals surface area contributed by atoms with Gasteiger partial charge in [-0.2, -0.15) is 23.3 Å². The third-order valence-electron chi connectivity index (χ3n) is 7.32. The summed E-state index contributed by atoms with van der Waals surface area (Å²) in [5.74, 6) is 0.0262. The lowest BCUT2D eigenvalue weighted by molar-refractivity contribution is -0.137. The number of piperidine rings is 1. The van der Waals surface area contributed by atoms with E-state index in [0.717, 1.165) is 43.8 Å². The molecule has 5 aromatic rings. The highest BCUT2D eigenvalue weighted by Crippen LogP contribution is 2.38. The van der Waals surface area contributed by atoms with Crippen molar-refractivity contribution < 1.29 is 18.0 Å². The molecule has 0 atom stereocenters. The standard InChI is InChI=1S/C29H28F3N9O/c1-17-23(24-11-14-35-41(24)22-7-5-20(33)6-8-22)16-40-26(25(17)18-3-2-4-19(15-18)29(30,31)32)37-27(39-40)38-28(42)36-21-9-12-34-13-10-21/h2-8,11,14-16,21,34H,9-10,12-13,33H2,1H3,(H2,36,38,39,42). The first-order valence-corrected chi connectivity index (χ1v) is 13.4. The Bertz CT molecular complexity index is 1750. The summed E-state index contributed by atoms with van der Waals surface area (Å²) in [4.78, 5) is 17.3. The fourth-order valence-electron chi connectivity index (χ4n) is 5.23. The molecule has 10 nitrogen and oxygen atoms in total. The van der Waals surface area contributed by atoms with Gasteiger partial charge in [0.2, 0.25) is 0 Å². The zero-order chi connectivity index (χ0) is 29.4. The molecule has 1 fully saturated rings. The molecule has 0 radical (unpaired) electrons. The van der Waals surface area contributed by atoms with Gasteiger partial charge in [-0.3, -0.25) is 5.32 Å². The number of fused-ring (bicyclic) bond motifs is 1. The number of carbonyl (C=O) groups is 1. The largest absolute Gasteiger partial charge is 0.416 e. The third-order valence-corrected chi connectivity index (χ3v) is 7.32. The molecule has 3 aromatic heterocycles. The Kier molecular flexibility index (Phi) is 7.02. The summed E-state index contributed by atoms with van der Waals surface area (Å²) in [6.07, 6.45) is 0.443. The lowest BCUT2D eigenvalue weighted by Gasteiger charge is -2.23. The summed E-state index contributed by atoms with van der Waals surface area (Å²) in [5.41, 5.74) is 9.50. The van der Waals surface area contributed by atoms with Gasteiger partial charge in [-0.15, -0.1) is 5.10 Å². The number of carbonyl (C=O) groups excluding carboxylic acids is 1. The zero-order valence-corrected chi connectivity index (χ0v) is 22.6. The normalized spacial score (nSPS) is 14.3. The lowest BCUT2D eigenvalue weighted by atomic mass is 9.95. The smallest absolute Gasteiger partial charge is 0.399 e. The van der Waals surface area contributed by atoms with Crippen LogP contribution in [0.5, 0.6) is 0 Å². The van der Waals surface area contributed by atoms with Crippen LogP contribution in [0.1, 0.15) is 24.0 Å². The van der Waals surface area contributed by atoms with E-state index in [1.54, 1.807) is 35.3 Å². The Morgan fingerprint density at radius 3 is 2.60 bits per heavy atom. The topological polar surface area (TPSA) is 127 Å². The molecular formula is C29H28F3N9O. The number of nitrogens with two attached hydrogens (primary N) is 1. The SMILES string of the molecule is Cc1c(-c2ccnn2-c2ccc(N)cc2)cn2nc(NC(=O)NC3CCNCC3)nc2c1-c1cccc(C(F)(F)F)c1. The highest BCUT2D eigenvalue weighted by molar-refractivity contribution is 5.90. The molecule has 0 unspecified atom stereocenters. The number of nitrogen functional groups attached to an aromatic ring is 1. The van der Waals surface area contributed by atoms with Gasteiger partial charge in [-0.1, -0.05) is 12.1 Å². The molecule has 5 N–H and O–H groups in total. The molecule has 0 saturated carbocycles. The third kappa shape index (κ3) is 5.38. The lowest BCUT2D eigenvalue weighted by Crippen LogP contribution is -2.44.